The van der Waals surface area contributed by atoms with Crippen LogP contribution in [0.4, 0.5) is 0 Å². The zero-order valence-electron chi connectivity index (χ0n) is 11.3. The molecule has 1 aromatic carbocycles. The molecule has 0 saturated carbocycles. The molecule has 104 valence electrons. The van der Waals surface area contributed by atoms with E-state index in [9.17, 15) is 4.79 Å². The Kier molecular flexibility index (Phi) is 5.18. The number of rotatable bonds is 3. The Morgan fingerprint density at radius 1 is 1.58 bits per heavy atom. The van der Waals surface area contributed by atoms with Crippen molar-refractivity contribution in [2.24, 2.45) is 0 Å². The van der Waals surface area contributed by atoms with Crippen LogP contribution >= 0.6 is 22.6 Å². The van der Waals surface area contributed by atoms with Gasteiger partial charge in [-0.25, -0.2) is 0 Å². The van der Waals surface area contributed by atoms with E-state index in [4.69, 9.17) is 4.74 Å². The number of benzene rings is 1. The summed E-state index contributed by atoms with van der Waals surface area (Å²) >= 11 is 2.25. The van der Waals surface area contributed by atoms with Gasteiger partial charge in [-0.1, -0.05) is 12.1 Å². The molecule has 2 rings (SSSR count). The molecule has 0 bridgehead atoms. The quantitative estimate of drug-likeness (QED) is 0.819. The van der Waals surface area contributed by atoms with Gasteiger partial charge in [-0.2, -0.15) is 0 Å². The minimum absolute atomic E-state index is 0.0881. The summed E-state index contributed by atoms with van der Waals surface area (Å²) in [6.07, 6.45) is 0.0881. The average molecular weight is 374 g/mol. The van der Waals surface area contributed by atoms with Gasteiger partial charge < -0.3 is 15.0 Å². The lowest BCUT2D eigenvalue weighted by Gasteiger charge is -2.33. The predicted octanol–water partition coefficient (Wildman–Crippen LogP) is 1.66. The largest absolute Gasteiger partial charge is 0.373 e. The molecular formula is C14H19IN2O2. The molecule has 19 heavy (non-hydrogen) atoms. The van der Waals surface area contributed by atoms with Crippen LogP contribution in [0, 0.1) is 10.5 Å². The van der Waals surface area contributed by atoms with Crippen LogP contribution in [-0.4, -0.2) is 50.2 Å². The number of nitrogens with zero attached hydrogens (tertiary/aromatic N) is 1. The number of halogens is 1. The molecule has 1 saturated heterocycles. The number of nitrogens with one attached hydrogen (secondary N) is 1. The second kappa shape index (κ2) is 6.67. The number of carbonyl (C=O) groups excluding carboxylic acids is 1. The summed E-state index contributed by atoms with van der Waals surface area (Å²) in [5.74, 6) is 0.109. The Morgan fingerprint density at radius 2 is 2.37 bits per heavy atom. The summed E-state index contributed by atoms with van der Waals surface area (Å²) < 4.78 is 6.67. The Bertz CT molecular complexity index is 463. The van der Waals surface area contributed by atoms with Gasteiger partial charge in [0.2, 0.25) is 0 Å². The fraction of sp³-hybridized carbons (Fsp3) is 0.500. The Morgan fingerprint density at radius 3 is 3.11 bits per heavy atom. The lowest BCUT2D eigenvalue weighted by Crippen LogP contribution is -2.48. The molecule has 1 amide bonds. The molecule has 1 aromatic rings. The van der Waals surface area contributed by atoms with Crippen LogP contribution in [-0.2, 0) is 4.74 Å². The summed E-state index contributed by atoms with van der Waals surface area (Å²) in [6, 6.07) is 5.87. The van der Waals surface area contributed by atoms with Crippen molar-refractivity contribution in [2.75, 3.05) is 33.3 Å². The molecule has 0 aliphatic carbocycles. The monoisotopic (exact) mass is 374 g/mol. The molecule has 1 N–H and O–H groups in total. The first-order valence-electron chi connectivity index (χ1n) is 6.44. The molecular weight excluding hydrogens is 355 g/mol. The zero-order valence-corrected chi connectivity index (χ0v) is 13.4. The fourth-order valence-electron chi connectivity index (χ4n) is 2.24. The maximum absolute atomic E-state index is 12.6. The topological polar surface area (TPSA) is 41.6 Å². The van der Waals surface area contributed by atoms with E-state index in [1.54, 1.807) is 0 Å². The lowest BCUT2D eigenvalue weighted by atomic mass is 10.1. The van der Waals surface area contributed by atoms with Crippen molar-refractivity contribution >= 4 is 28.5 Å². The van der Waals surface area contributed by atoms with E-state index in [1.165, 1.54) is 0 Å². The molecule has 1 atom stereocenters. The molecule has 1 aliphatic heterocycles. The van der Waals surface area contributed by atoms with Crippen LogP contribution in [0.25, 0.3) is 0 Å². The van der Waals surface area contributed by atoms with Gasteiger partial charge in [-0.05, 0) is 48.2 Å². The highest BCUT2D eigenvalue weighted by Crippen LogP contribution is 2.19. The van der Waals surface area contributed by atoms with Crippen LogP contribution in [0.1, 0.15) is 15.9 Å². The van der Waals surface area contributed by atoms with Crippen LogP contribution in [0.5, 0.6) is 0 Å². The van der Waals surface area contributed by atoms with Crippen LogP contribution in [0.15, 0.2) is 18.2 Å². The van der Waals surface area contributed by atoms with Crippen molar-refractivity contribution in [1.29, 1.82) is 0 Å². The van der Waals surface area contributed by atoms with E-state index >= 15 is 0 Å². The van der Waals surface area contributed by atoms with Crippen LogP contribution in [0.3, 0.4) is 0 Å². The number of carbonyl (C=O) groups is 1. The van der Waals surface area contributed by atoms with Crippen molar-refractivity contribution < 1.29 is 9.53 Å². The Balaban J connectivity index is 2.12. The van der Waals surface area contributed by atoms with E-state index in [2.05, 4.69) is 27.9 Å². The molecule has 1 unspecified atom stereocenters. The van der Waals surface area contributed by atoms with E-state index in [0.29, 0.717) is 19.7 Å². The molecule has 1 aliphatic rings. The fourth-order valence-corrected chi connectivity index (χ4v) is 2.83. The molecule has 0 radical (unpaired) electrons. The first-order valence-corrected chi connectivity index (χ1v) is 7.52. The summed E-state index contributed by atoms with van der Waals surface area (Å²) in [5, 5.41) is 3.09. The number of likely N-dealkylation sites (N-methyl/N-ethyl adjacent to an activating group) is 1. The number of aryl methyl sites for hydroxylation is 1. The average Bonchev–Trinajstić information content (AvgIpc) is 2.42. The predicted molar refractivity (Wildman–Crippen MR) is 83.5 cm³/mol. The normalized spacial score (nSPS) is 19.5. The van der Waals surface area contributed by atoms with E-state index < -0.39 is 0 Å². The Hall–Kier alpha value is -0.660. The summed E-state index contributed by atoms with van der Waals surface area (Å²) in [5.41, 5.74) is 1.94. The third-order valence-electron chi connectivity index (χ3n) is 3.28. The van der Waals surface area contributed by atoms with E-state index in [0.717, 1.165) is 21.2 Å². The van der Waals surface area contributed by atoms with Gasteiger partial charge in [0.25, 0.3) is 5.91 Å². The SMILES string of the molecule is CNCC1CN(C(=O)c2cccc(C)c2I)CCO1. The van der Waals surface area contributed by atoms with E-state index in [-0.39, 0.29) is 12.0 Å². The molecule has 1 heterocycles. The molecule has 0 aromatic heterocycles. The number of hydrogen-bond acceptors (Lipinski definition) is 3. The lowest BCUT2D eigenvalue weighted by molar-refractivity contribution is -0.0196. The molecule has 0 spiro atoms. The van der Waals surface area contributed by atoms with Crippen molar-refractivity contribution in [2.45, 2.75) is 13.0 Å². The van der Waals surface area contributed by atoms with Gasteiger partial charge in [-0.3, -0.25) is 4.79 Å². The third-order valence-corrected chi connectivity index (χ3v) is 4.71. The first-order chi connectivity index (χ1) is 9.13. The summed E-state index contributed by atoms with van der Waals surface area (Å²) in [7, 11) is 1.90. The second-order valence-corrected chi connectivity index (χ2v) is 5.82. The number of ether oxygens (including phenoxy) is 1. The standard InChI is InChI=1S/C14H19IN2O2/c1-10-4-3-5-12(13(10)15)14(18)17-6-7-19-11(9-17)8-16-2/h3-5,11,16H,6-9H2,1-2H3. The number of morpholine rings is 1. The summed E-state index contributed by atoms with van der Waals surface area (Å²) in [6.45, 7) is 4.74. The van der Waals surface area contributed by atoms with Gasteiger partial charge in [-0.15, -0.1) is 0 Å². The van der Waals surface area contributed by atoms with Crippen molar-refractivity contribution in [1.82, 2.24) is 10.2 Å². The van der Waals surface area contributed by atoms with E-state index in [1.807, 2.05) is 37.1 Å². The maximum atomic E-state index is 12.6. The second-order valence-electron chi connectivity index (χ2n) is 4.74. The highest BCUT2D eigenvalue weighted by molar-refractivity contribution is 14.1. The number of amides is 1. The zero-order chi connectivity index (χ0) is 13.8. The van der Waals surface area contributed by atoms with Gasteiger partial charge in [0.05, 0.1) is 18.3 Å². The van der Waals surface area contributed by atoms with Crippen molar-refractivity contribution in [3.05, 3.63) is 32.9 Å². The highest BCUT2D eigenvalue weighted by atomic mass is 127. The van der Waals surface area contributed by atoms with Gasteiger partial charge >= 0.3 is 0 Å². The third kappa shape index (κ3) is 3.46. The first kappa shape index (κ1) is 14.7. The van der Waals surface area contributed by atoms with Crippen molar-refractivity contribution in [3.8, 4) is 0 Å². The maximum Gasteiger partial charge on any atom is 0.255 e. The van der Waals surface area contributed by atoms with Crippen molar-refractivity contribution in [3.63, 3.8) is 0 Å². The van der Waals surface area contributed by atoms with Crippen LogP contribution in [0.2, 0.25) is 0 Å². The van der Waals surface area contributed by atoms with Gasteiger partial charge in [0.1, 0.15) is 0 Å². The highest BCUT2D eigenvalue weighted by Gasteiger charge is 2.25. The Labute approximate surface area is 127 Å². The molecule has 5 heteroatoms. The summed E-state index contributed by atoms with van der Waals surface area (Å²) in [4.78, 5) is 14.5. The minimum atomic E-state index is 0.0881. The minimum Gasteiger partial charge on any atom is -0.373 e. The van der Waals surface area contributed by atoms with Crippen LogP contribution < -0.4 is 5.32 Å². The number of hydrogen-bond donors (Lipinski definition) is 1. The van der Waals surface area contributed by atoms with Gasteiger partial charge in [0.15, 0.2) is 0 Å². The smallest absolute Gasteiger partial charge is 0.255 e. The molecule has 1 fully saturated rings. The molecule has 4 nitrogen and oxygen atoms in total. The van der Waals surface area contributed by atoms with Gasteiger partial charge in [0, 0.05) is 23.2 Å².